The molecule has 4 rings (SSSR count). The highest BCUT2D eigenvalue weighted by atomic mass is 19.1. The molecule has 1 saturated heterocycles. The first-order chi connectivity index (χ1) is 13.2. The Morgan fingerprint density at radius 2 is 2.19 bits per heavy atom. The van der Waals surface area contributed by atoms with Crippen LogP contribution in [-0.2, 0) is 17.8 Å². The summed E-state index contributed by atoms with van der Waals surface area (Å²) in [6.07, 6.45) is 3.92. The molecular weight excluding hydrogens is 343 g/mol. The number of imidazole rings is 1. The Hall–Kier alpha value is -2.76. The Bertz CT molecular complexity index is 968. The van der Waals surface area contributed by atoms with Gasteiger partial charge < -0.3 is 9.47 Å². The minimum absolute atomic E-state index is 0.0411. The normalized spacial score (nSPS) is 17.0. The smallest absolute Gasteiger partial charge is 0.227 e. The number of aromatic nitrogens is 3. The molecule has 1 fully saturated rings. The van der Waals surface area contributed by atoms with Gasteiger partial charge in [-0.2, -0.15) is 0 Å². The molecule has 1 atom stereocenters. The first kappa shape index (κ1) is 17.6. The molecule has 1 aliphatic rings. The van der Waals surface area contributed by atoms with Crippen molar-refractivity contribution in [1.29, 1.82) is 0 Å². The van der Waals surface area contributed by atoms with Crippen molar-refractivity contribution >= 4 is 17.1 Å². The molecule has 0 radical (unpaired) electrons. The number of fused-ring (bicyclic) bond motifs is 1. The number of halogens is 1. The van der Waals surface area contributed by atoms with E-state index < -0.39 is 0 Å². The average Bonchev–Trinajstić information content (AvgIpc) is 3.27. The van der Waals surface area contributed by atoms with Gasteiger partial charge in [0, 0.05) is 31.7 Å². The van der Waals surface area contributed by atoms with Crippen molar-refractivity contribution in [3.05, 3.63) is 59.8 Å². The number of carbonyl (C=O) groups excluding carboxylic acids is 1. The maximum atomic E-state index is 13.4. The van der Waals surface area contributed by atoms with Crippen LogP contribution in [0.2, 0.25) is 0 Å². The molecule has 1 aromatic carbocycles. The van der Waals surface area contributed by atoms with E-state index in [1.165, 1.54) is 12.1 Å². The second kappa shape index (κ2) is 7.47. The second-order valence-corrected chi connectivity index (χ2v) is 7.10. The molecule has 6 heteroatoms. The average molecular weight is 366 g/mol. The van der Waals surface area contributed by atoms with Crippen LogP contribution in [0.4, 0.5) is 4.39 Å². The summed E-state index contributed by atoms with van der Waals surface area (Å²) in [5.41, 5.74) is 2.54. The maximum absolute atomic E-state index is 13.4. The highest BCUT2D eigenvalue weighted by molar-refractivity contribution is 5.79. The van der Waals surface area contributed by atoms with Gasteiger partial charge in [-0.1, -0.05) is 19.1 Å². The third-order valence-corrected chi connectivity index (χ3v) is 5.13. The lowest BCUT2D eigenvalue weighted by molar-refractivity contribution is -0.129. The quantitative estimate of drug-likeness (QED) is 0.694. The lowest BCUT2D eigenvalue weighted by Gasteiger charge is -2.17. The molecule has 0 saturated carbocycles. The van der Waals surface area contributed by atoms with Gasteiger partial charge in [0.2, 0.25) is 5.91 Å². The van der Waals surface area contributed by atoms with Gasteiger partial charge in [-0.15, -0.1) is 0 Å². The van der Waals surface area contributed by atoms with E-state index in [2.05, 4.69) is 16.5 Å². The molecule has 3 aromatic rings. The minimum Gasteiger partial charge on any atom is -0.342 e. The van der Waals surface area contributed by atoms with Crippen molar-refractivity contribution in [2.24, 2.45) is 0 Å². The van der Waals surface area contributed by atoms with Crippen molar-refractivity contribution in [2.75, 3.05) is 13.1 Å². The van der Waals surface area contributed by atoms with Gasteiger partial charge in [0.1, 0.15) is 17.2 Å². The third kappa shape index (κ3) is 3.56. The van der Waals surface area contributed by atoms with E-state index in [1.807, 2.05) is 17.0 Å². The largest absolute Gasteiger partial charge is 0.342 e. The van der Waals surface area contributed by atoms with Crippen LogP contribution in [0, 0.1) is 5.82 Å². The predicted molar refractivity (Wildman–Crippen MR) is 102 cm³/mol. The molecular formula is C21H23FN4O. The molecule has 0 bridgehead atoms. The summed E-state index contributed by atoms with van der Waals surface area (Å²) in [5, 5.41) is 0. The second-order valence-electron chi connectivity index (χ2n) is 7.10. The van der Waals surface area contributed by atoms with E-state index in [0.29, 0.717) is 18.7 Å². The fraction of sp³-hybridized carbons (Fsp3) is 0.381. The monoisotopic (exact) mass is 366 g/mol. The first-order valence-corrected chi connectivity index (χ1v) is 9.49. The summed E-state index contributed by atoms with van der Waals surface area (Å²) in [4.78, 5) is 23.8. The predicted octanol–water partition coefficient (Wildman–Crippen LogP) is 3.54. The number of carbonyl (C=O) groups is 1. The topological polar surface area (TPSA) is 51.0 Å². The van der Waals surface area contributed by atoms with Crippen LogP contribution in [0.15, 0.2) is 42.6 Å². The van der Waals surface area contributed by atoms with Crippen molar-refractivity contribution in [3.8, 4) is 0 Å². The number of hydrogen-bond acceptors (Lipinski definition) is 3. The zero-order valence-corrected chi connectivity index (χ0v) is 15.4. The lowest BCUT2D eigenvalue weighted by atomic mass is 10.1. The van der Waals surface area contributed by atoms with Crippen LogP contribution in [0.3, 0.4) is 0 Å². The zero-order chi connectivity index (χ0) is 18.8. The summed E-state index contributed by atoms with van der Waals surface area (Å²) in [7, 11) is 0. The number of nitrogens with zero attached hydrogens (tertiary/aromatic N) is 4. The Morgan fingerprint density at radius 3 is 3.00 bits per heavy atom. The Morgan fingerprint density at radius 1 is 1.30 bits per heavy atom. The Balaban J connectivity index is 1.52. The SMILES string of the molecule is CCCn1c(C2CCN(C(=O)Cc3cccc(F)c3)C2)nc2cccnc21. The van der Waals surface area contributed by atoms with Gasteiger partial charge in [0.15, 0.2) is 5.65 Å². The van der Waals surface area contributed by atoms with Crippen LogP contribution < -0.4 is 0 Å². The van der Waals surface area contributed by atoms with Crippen molar-refractivity contribution < 1.29 is 9.18 Å². The summed E-state index contributed by atoms with van der Waals surface area (Å²) >= 11 is 0. The van der Waals surface area contributed by atoms with E-state index in [4.69, 9.17) is 4.98 Å². The van der Waals surface area contributed by atoms with Crippen LogP contribution in [0.5, 0.6) is 0 Å². The molecule has 3 heterocycles. The lowest BCUT2D eigenvalue weighted by Crippen LogP contribution is -2.30. The molecule has 27 heavy (non-hydrogen) atoms. The van der Waals surface area contributed by atoms with E-state index >= 15 is 0 Å². The molecule has 1 unspecified atom stereocenters. The molecule has 0 aliphatic carbocycles. The first-order valence-electron chi connectivity index (χ1n) is 9.49. The zero-order valence-electron chi connectivity index (χ0n) is 15.4. The maximum Gasteiger partial charge on any atom is 0.227 e. The van der Waals surface area contributed by atoms with Crippen molar-refractivity contribution in [2.45, 2.75) is 38.6 Å². The van der Waals surface area contributed by atoms with Gasteiger partial charge in [-0.05, 0) is 42.7 Å². The fourth-order valence-corrected chi connectivity index (χ4v) is 3.86. The van der Waals surface area contributed by atoms with Gasteiger partial charge in [0.25, 0.3) is 0 Å². The molecule has 0 spiro atoms. The highest BCUT2D eigenvalue weighted by Crippen LogP contribution is 2.29. The molecule has 0 N–H and O–H groups in total. The molecule has 1 amide bonds. The fourth-order valence-electron chi connectivity index (χ4n) is 3.86. The Kier molecular flexibility index (Phi) is 4.88. The van der Waals surface area contributed by atoms with Gasteiger partial charge in [-0.3, -0.25) is 4.79 Å². The van der Waals surface area contributed by atoms with Crippen LogP contribution in [-0.4, -0.2) is 38.4 Å². The van der Waals surface area contributed by atoms with Crippen LogP contribution in [0.25, 0.3) is 11.2 Å². The number of likely N-dealkylation sites (tertiary alicyclic amines) is 1. The number of benzene rings is 1. The number of hydrogen-bond donors (Lipinski definition) is 0. The highest BCUT2D eigenvalue weighted by Gasteiger charge is 2.31. The number of aryl methyl sites for hydroxylation is 1. The Labute approximate surface area is 157 Å². The van der Waals surface area contributed by atoms with E-state index in [1.54, 1.807) is 18.3 Å². The van der Waals surface area contributed by atoms with Crippen LogP contribution in [0.1, 0.15) is 37.1 Å². The van der Waals surface area contributed by atoms with Crippen LogP contribution >= 0.6 is 0 Å². The molecule has 2 aromatic heterocycles. The number of rotatable bonds is 5. The summed E-state index contributed by atoms with van der Waals surface area (Å²) in [6.45, 7) is 4.38. The number of pyridine rings is 1. The van der Waals surface area contributed by atoms with Gasteiger partial charge in [0.05, 0.1) is 6.42 Å². The molecule has 140 valence electrons. The summed E-state index contributed by atoms with van der Waals surface area (Å²) in [5.74, 6) is 0.966. The molecule has 1 aliphatic heterocycles. The van der Waals surface area contributed by atoms with E-state index in [-0.39, 0.29) is 24.1 Å². The van der Waals surface area contributed by atoms with Crippen molar-refractivity contribution in [3.63, 3.8) is 0 Å². The standard InChI is InChI=1S/C21H23FN4O/c1-2-10-26-20(24-18-7-4-9-23-21(18)26)16-8-11-25(14-16)19(27)13-15-5-3-6-17(22)12-15/h3-7,9,12,16H,2,8,10-11,13-14H2,1H3. The van der Waals surface area contributed by atoms with Gasteiger partial charge in [-0.25, -0.2) is 14.4 Å². The molecule has 5 nitrogen and oxygen atoms in total. The van der Waals surface area contributed by atoms with Crippen molar-refractivity contribution in [1.82, 2.24) is 19.4 Å². The summed E-state index contributed by atoms with van der Waals surface area (Å²) in [6, 6.07) is 10.1. The third-order valence-electron chi connectivity index (χ3n) is 5.13. The van der Waals surface area contributed by atoms with E-state index in [0.717, 1.165) is 36.4 Å². The number of amides is 1. The van der Waals surface area contributed by atoms with E-state index in [9.17, 15) is 9.18 Å². The summed E-state index contributed by atoms with van der Waals surface area (Å²) < 4.78 is 15.5. The minimum atomic E-state index is -0.305. The van der Waals surface area contributed by atoms with Gasteiger partial charge >= 0.3 is 0 Å².